The molecule has 0 bridgehead atoms. The summed E-state index contributed by atoms with van der Waals surface area (Å²) >= 11 is 0. The molecule has 1 aliphatic heterocycles. The standard InChI is InChI=1S/C18H20N4/c19-12-17-7-4-8-20-18(17)21-13-15-5-3-6-16(11-15)14-22-9-1-2-10-22/h3-8,11H,1-2,9-10,13-14H2,(H,20,21). The summed E-state index contributed by atoms with van der Waals surface area (Å²) in [7, 11) is 0. The molecular weight excluding hydrogens is 272 g/mol. The van der Waals surface area contributed by atoms with Crippen molar-refractivity contribution >= 4 is 5.82 Å². The smallest absolute Gasteiger partial charge is 0.144 e. The van der Waals surface area contributed by atoms with Gasteiger partial charge < -0.3 is 5.32 Å². The Balaban J connectivity index is 1.64. The average molecular weight is 292 g/mol. The molecule has 1 aromatic heterocycles. The van der Waals surface area contributed by atoms with Gasteiger partial charge in [-0.25, -0.2) is 4.98 Å². The highest BCUT2D eigenvalue weighted by Crippen LogP contribution is 2.15. The molecule has 0 atom stereocenters. The van der Waals surface area contributed by atoms with Crippen LogP contribution in [0.15, 0.2) is 42.6 Å². The van der Waals surface area contributed by atoms with Gasteiger partial charge in [-0.3, -0.25) is 4.90 Å². The van der Waals surface area contributed by atoms with Crippen LogP contribution >= 0.6 is 0 Å². The molecule has 112 valence electrons. The summed E-state index contributed by atoms with van der Waals surface area (Å²) in [5, 5.41) is 12.3. The second-order valence-corrected chi connectivity index (χ2v) is 5.67. The average Bonchev–Trinajstić information content (AvgIpc) is 3.06. The van der Waals surface area contributed by atoms with E-state index in [4.69, 9.17) is 5.26 Å². The van der Waals surface area contributed by atoms with E-state index in [0.717, 1.165) is 6.54 Å². The lowest BCUT2D eigenvalue weighted by molar-refractivity contribution is 0.331. The van der Waals surface area contributed by atoms with E-state index in [-0.39, 0.29) is 0 Å². The number of aromatic nitrogens is 1. The van der Waals surface area contributed by atoms with Crippen molar-refractivity contribution in [3.8, 4) is 6.07 Å². The Kier molecular flexibility index (Phi) is 4.67. The Hall–Kier alpha value is -2.38. The van der Waals surface area contributed by atoms with Gasteiger partial charge in [0.1, 0.15) is 11.9 Å². The third-order valence-electron chi connectivity index (χ3n) is 3.98. The summed E-state index contributed by atoms with van der Waals surface area (Å²) in [6.45, 7) is 4.13. The number of rotatable bonds is 5. The van der Waals surface area contributed by atoms with Crippen molar-refractivity contribution in [2.45, 2.75) is 25.9 Å². The van der Waals surface area contributed by atoms with Crippen molar-refractivity contribution in [3.05, 3.63) is 59.3 Å². The molecule has 1 aliphatic rings. The lowest BCUT2D eigenvalue weighted by Crippen LogP contribution is -2.18. The monoisotopic (exact) mass is 292 g/mol. The van der Waals surface area contributed by atoms with Gasteiger partial charge in [-0.05, 0) is 49.2 Å². The van der Waals surface area contributed by atoms with Crippen LogP contribution in [0.25, 0.3) is 0 Å². The third kappa shape index (κ3) is 3.63. The zero-order valence-electron chi connectivity index (χ0n) is 12.6. The molecule has 1 saturated heterocycles. The van der Waals surface area contributed by atoms with Gasteiger partial charge in [0, 0.05) is 19.3 Å². The minimum absolute atomic E-state index is 0.579. The lowest BCUT2D eigenvalue weighted by Gasteiger charge is -2.15. The highest BCUT2D eigenvalue weighted by Gasteiger charge is 2.11. The fourth-order valence-corrected chi connectivity index (χ4v) is 2.86. The van der Waals surface area contributed by atoms with Crippen LogP contribution in [0, 0.1) is 11.3 Å². The second kappa shape index (κ2) is 7.06. The number of pyridine rings is 1. The number of nitriles is 1. The van der Waals surface area contributed by atoms with E-state index in [0.29, 0.717) is 17.9 Å². The molecule has 0 unspecified atom stereocenters. The van der Waals surface area contributed by atoms with Crippen LogP contribution in [0.2, 0.25) is 0 Å². The minimum Gasteiger partial charge on any atom is -0.365 e. The number of anilines is 1. The van der Waals surface area contributed by atoms with Crippen molar-refractivity contribution in [2.24, 2.45) is 0 Å². The Morgan fingerprint density at radius 3 is 2.77 bits per heavy atom. The topological polar surface area (TPSA) is 52.0 Å². The number of likely N-dealkylation sites (tertiary alicyclic amines) is 1. The van der Waals surface area contributed by atoms with Gasteiger partial charge in [-0.15, -0.1) is 0 Å². The fraction of sp³-hybridized carbons (Fsp3) is 0.333. The van der Waals surface area contributed by atoms with Gasteiger partial charge in [0.05, 0.1) is 5.56 Å². The van der Waals surface area contributed by atoms with Crippen LogP contribution < -0.4 is 5.32 Å². The van der Waals surface area contributed by atoms with Crippen LogP contribution in [0.3, 0.4) is 0 Å². The SMILES string of the molecule is N#Cc1cccnc1NCc1cccc(CN2CCCC2)c1. The van der Waals surface area contributed by atoms with Crippen LogP contribution in [-0.2, 0) is 13.1 Å². The van der Waals surface area contributed by atoms with Crippen LogP contribution in [-0.4, -0.2) is 23.0 Å². The van der Waals surface area contributed by atoms with Crippen molar-refractivity contribution in [2.75, 3.05) is 18.4 Å². The molecule has 0 amide bonds. The first-order valence-electron chi connectivity index (χ1n) is 7.74. The molecule has 1 aromatic carbocycles. The molecule has 0 spiro atoms. The highest BCUT2D eigenvalue weighted by molar-refractivity contribution is 5.51. The minimum atomic E-state index is 0.579. The summed E-state index contributed by atoms with van der Waals surface area (Å²) in [4.78, 5) is 6.73. The van der Waals surface area contributed by atoms with E-state index in [1.807, 2.05) is 0 Å². The molecule has 3 rings (SSSR count). The fourth-order valence-electron chi connectivity index (χ4n) is 2.86. The molecule has 0 radical (unpaired) electrons. The molecule has 1 fully saturated rings. The van der Waals surface area contributed by atoms with E-state index < -0.39 is 0 Å². The van der Waals surface area contributed by atoms with Gasteiger partial charge >= 0.3 is 0 Å². The zero-order valence-corrected chi connectivity index (χ0v) is 12.6. The van der Waals surface area contributed by atoms with Crippen LogP contribution in [0.1, 0.15) is 29.5 Å². The summed E-state index contributed by atoms with van der Waals surface area (Å²) < 4.78 is 0. The molecule has 22 heavy (non-hydrogen) atoms. The van der Waals surface area contributed by atoms with Crippen molar-refractivity contribution in [3.63, 3.8) is 0 Å². The van der Waals surface area contributed by atoms with Gasteiger partial charge in [0.2, 0.25) is 0 Å². The first-order valence-corrected chi connectivity index (χ1v) is 7.74. The van der Waals surface area contributed by atoms with Crippen molar-refractivity contribution in [1.82, 2.24) is 9.88 Å². The normalized spacial score (nSPS) is 14.7. The van der Waals surface area contributed by atoms with Gasteiger partial charge in [-0.1, -0.05) is 24.3 Å². The Labute approximate surface area is 131 Å². The lowest BCUT2D eigenvalue weighted by atomic mass is 10.1. The quantitative estimate of drug-likeness (QED) is 0.919. The third-order valence-corrected chi connectivity index (χ3v) is 3.98. The molecule has 2 heterocycles. The number of nitrogens with one attached hydrogen (secondary N) is 1. The summed E-state index contributed by atoms with van der Waals surface area (Å²) in [5.41, 5.74) is 3.14. The molecule has 0 saturated carbocycles. The maximum absolute atomic E-state index is 9.08. The Morgan fingerprint density at radius 1 is 1.14 bits per heavy atom. The maximum atomic E-state index is 9.08. The van der Waals surface area contributed by atoms with Gasteiger partial charge in [0.25, 0.3) is 0 Å². The molecule has 4 heteroatoms. The van der Waals surface area contributed by atoms with E-state index in [9.17, 15) is 0 Å². The van der Waals surface area contributed by atoms with E-state index >= 15 is 0 Å². The molecule has 2 aromatic rings. The number of hydrogen-bond acceptors (Lipinski definition) is 4. The van der Waals surface area contributed by atoms with Gasteiger partial charge in [-0.2, -0.15) is 5.26 Å². The van der Waals surface area contributed by atoms with Crippen molar-refractivity contribution in [1.29, 1.82) is 5.26 Å². The van der Waals surface area contributed by atoms with Crippen LogP contribution in [0.5, 0.6) is 0 Å². The summed E-state index contributed by atoms with van der Waals surface area (Å²) in [5.74, 6) is 0.648. The summed E-state index contributed by atoms with van der Waals surface area (Å²) in [6.07, 6.45) is 4.34. The maximum Gasteiger partial charge on any atom is 0.144 e. The first-order chi connectivity index (χ1) is 10.8. The number of hydrogen-bond donors (Lipinski definition) is 1. The van der Waals surface area contributed by atoms with Gasteiger partial charge in [0.15, 0.2) is 0 Å². The predicted molar refractivity (Wildman–Crippen MR) is 87.2 cm³/mol. The van der Waals surface area contributed by atoms with Crippen LogP contribution in [0.4, 0.5) is 5.82 Å². The van der Waals surface area contributed by atoms with E-state index in [1.165, 1.54) is 37.1 Å². The van der Waals surface area contributed by atoms with E-state index in [1.54, 1.807) is 18.3 Å². The predicted octanol–water partition coefficient (Wildman–Crippen LogP) is 3.16. The molecule has 0 aliphatic carbocycles. The van der Waals surface area contributed by atoms with Crippen molar-refractivity contribution < 1.29 is 0 Å². The number of benzene rings is 1. The zero-order chi connectivity index (χ0) is 15.2. The molecule has 4 nitrogen and oxygen atoms in total. The number of nitrogens with zero attached hydrogens (tertiary/aromatic N) is 3. The Bertz CT molecular complexity index is 669. The second-order valence-electron chi connectivity index (χ2n) is 5.67. The van der Waals surface area contributed by atoms with E-state index in [2.05, 4.69) is 45.5 Å². The largest absolute Gasteiger partial charge is 0.365 e. The highest BCUT2D eigenvalue weighted by atomic mass is 15.1. The Morgan fingerprint density at radius 2 is 1.95 bits per heavy atom. The molecule has 1 N–H and O–H groups in total. The first kappa shape index (κ1) is 14.6. The summed E-state index contributed by atoms with van der Waals surface area (Å²) in [6, 6.07) is 14.3. The molecular formula is C18H20N4.